The lowest BCUT2D eigenvalue weighted by Crippen LogP contribution is -2.25. The molecule has 0 amide bonds. The molecule has 0 aliphatic heterocycles. The third-order valence-electron chi connectivity index (χ3n) is 4.27. The van der Waals surface area contributed by atoms with Crippen molar-refractivity contribution in [2.75, 3.05) is 0 Å². The molecule has 0 N–H and O–H groups in total. The number of nitrogens with zero attached hydrogens (tertiary/aromatic N) is 4. The Morgan fingerprint density at radius 3 is 2.62 bits per heavy atom. The zero-order valence-electron chi connectivity index (χ0n) is 16.0. The zero-order chi connectivity index (χ0) is 20.4. The summed E-state index contributed by atoms with van der Waals surface area (Å²) >= 11 is 1.38. The van der Waals surface area contributed by atoms with Crippen molar-refractivity contribution in [3.8, 4) is 11.4 Å². The van der Waals surface area contributed by atoms with Crippen LogP contribution in [0.25, 0.3) is 22.3 Å². The van der Waals surface area contributed by atoms with Gasteiger partial charge in [0.1, 0.15) is 5.82 Å². The summed E-state index contributed by atoms with van der Waals surface area (Å²) in [4.78, 5) is 22.0. The minimum Gasteiger partial charge on any atom is -0.338 e. The number of hydrogen-bond donors (Lipinski definition) is 0. The van der Waals surface area contributed by atoms with Crippen LogP contribution in [0.4, 0.5) is 4.39 Å². The minimum atomic E-state index is -0.321. The molecule has 0 saturated heterocycles. The lowest BCUT2D eigenvalue weighted by atomic mass is 10.2. The third-order valence-corrected chi connectivity index (χ3v) is 5.23. The van der Waals surface area contributed by atoms with Gasteiger partial charge < -0.3 is 4.52 Å². The van der Waals surface area contributed by atoms with Gasteiger partial charge in [0.15, 0.2) is 5.16 Å². The van der Waals surface area contributed by atoms with Crippen LogP contribution in [0, 0.1) is 11.7 Å². The molecule has 0 bridgehead atoms. The van der Waals surface area contributed by atoms with E-state index < -0.39 is 0 Å². The number of aromatic nitrogens is 4. The number of hydrogen-bond acceptors (Lipinski definition) is 6. The van der Waals surface area contributed by atoms with Crippen molar-refractivity contribution < 1.29 is 8.91 Å². The van der Waals surface area contributed by atoms with Crippen LogP contribution in [0.1, 0.15) is 19.7 Å². The van der Waals surface area contributed by atoms with E-state index in [9.17, 15) is 9.18 Å². The molecule has 0 radical (unpaired) electrons. The monoisotopic (exact) mass is 410 g/mol. The number of para-hydroxylation sites is 1. The molecule has 0 aliphatic carbocycles. The summed E-state index contributed by atoms with van der Waals surface area (Å²) in [5.41, 5.74) is 1.29. The zero-order valence-corrected chi connectivity index (χ0v) is 16.8. The van der Waals surface area contributed by atoms with Crippen LogP contribution in [-0.2, 0) is 12.3 Å². The molecule has 0 saturated carbocycles. The van der Waals surface area contributed by atoms with Crippen molar-refractivity contribution in [1.82, 2.24) is 19.7 Å². The summed E-state index contributed by atoms with van der Waals surface area (Å²) in [5.74, 6) is 1.15. The van der Waals surface area contributed by atoms with E-state index in [4.69, 9.17) is 4.52 Å². The van der Waals surface area contributed by atoms with Gasteiger partial charge >= 0.3 is 0 Å². The minimum absolute atomic E-state index is 0.0515. The summed E-state index contributed by atoms with van der Waals surface area (Å²) in [6.07, 6.45) is 0. The van der Waals surface area contributed by atoms with Crippen LogP contribution < -0.4 is 5.56 Å². The van der Waals surface area contributed by atoms with Crippen molar-refractivity contribution in [1.29, 1.82) is 0 Å². The maximum atomic E-state index is 13.1. The fourth-order valence-electron chi connectivity index (χ4n) is 2.94. The van der Waals surface area contributed by atoms with Crippen LogP contribution >= 0.6 is 11.8 Å². The highest BCUT2D eigenvalue weighted by Gasteiger charge is 2.15. The molecule has 0 unspecified atom stereocenters. The predicted octanol–water partition coefficient (Wildman–Crippen LogP) is 4.53. The van der Waals surface area contributed by atoms with Crippen molar-refractivity contribution in [2.45, 2.75) is 31.3 Å². The second kappa shape index (κ2) is 8.16. The topological polar surface area (TPSA) is 73.8 Å². The highest BCUT2D eigenvalue weighted by atomic mass is 32.2. The quantitative estimate of drug-likeness (QED) is 0.343. The van der Waals surface area contributed by atoms with E-state index in [1.54, 1.807) is 22.8 Å². The molecule has 0 fully saturated rings. The fourth-order valence-corrected chi connectivity index (χ4v) is 3.79. The molecule has 29 heavy (non-hydrogen) atoms. The number of fused-ring (bicyclic) bond motifs is 1. The number of thioether (sulfide) groups is 1. The molecular weight excluding hydrogens is 391 g/mol. The van der Waals surface area contributed by atoms with Crippen molar-refractivity contribution in [3.63, 3.8) is 0 Å². The highest BCUT2D eigenvalue weighted by molar-refractivity contribution is 7.98. The van der Waals surface area contributed by atoms with Crippen LogP contribution in [0.3, 0.4) is 0 Å². The Hall–Kier alpha value is -3.00. The maximum Gasteiger partial charge on any atom is 0.262 e. The molecule has 148 valence electrons. The Balaban J connectivity index is 1.61. The summed E-state index contributed by atoms with van der Waals surface area (Å²) < 4.78 is 20.1. The van der Waals surface area contributed by atoms with Gasteiger partial charge in [0, 0.05) is 12.1 Å². The molecule has 0 spiro atoms. The second-order valence-corrected chi connectivity index (χ2v) is 7.97. The maximum absolute atomic E-state index is 13.1. The number of rotatable bonds is 6. The molecule has 4 rings (SSSR count). The van der Waals surface area contributed by atoms with Gasteiger partial charge in [-0.25, -0.2) is 9.37 Å². The Bertz CT molecular complexity index is 1200. The normalized spacial score (nSPS) is 11.4. The molecule has 2 aromatic heterocycles. The first-order valence-electron chi connectivity index (χ1n) is 9.22. The Labute approximate surface area is 170 Å². The van der Waals surface area contributed by atoms with Gasteiger partial charge in [0.05, 0.1) is 16.7 Å². The molecule has 2 aromatic carbocycles. The van der Waals surface area contributed by atoms with Crippen LogP contribution in [-0.4, -0.2) is 19.7 Å². The van der Waals surface area contributed by atoms with E-state index in [-0.39, 0.29) is 11.4 Å². The third kappa shape index (κ3) is 4.22. The van der Waals surface area contributed by atoms with E-state index in [1.165, 1.54) is 23.9 Å². The van der Waals surface area contributed by atoms with E-state index >= 15 is 0 Å². The van der Waals surface area contributed by atoms with Gasteiger partial charge in [-0.3, -0.25) is 9.36 Å². The van der Waals surface area contributed by atoms with Crippen LogP contribution in [0.2, 0.25) is 0 Å². The van der Waals surface area contributed by atoms with Crippen molar-refractivity contribution >= 4 is 22.7 Å². The van der Waals surface area contributed by atoms with Crippen molar-refractivity contribution in [3.05, 3.63) is 70.6 Å². The summed E-state index contributed by atoms with van der Waals surface area (Å²) in [6.45, 7) is 4.69. The molecule has 4 aromatic rings. The lowest BCUT2D eigenvalue weighted by molar-refractivity contribution is 0.391. The van der Waals surface area contributed by atoms with Gasteiger partial charge in [-0.2, -0.15) is 4.98 Å². The molecule has 0 aliphatic rings. The van der Waals surface area contributed by atoms with E-state index in [1.807, 2.05) is 18.2 Å². The lowest BCUT2D eigenvalue weighted by Gasteiger charge is -2.14. The first kappa shape index (κ1) is 19.3. The molecular formula is C21H19FN4O2S. The summed E-state index contributed by atoms with van der Waals surface area (Å²) in [7, 11) is 0. The first-order chi connectivity index (χ1) is 14.0. The standard InChI is InChI=1S/C21H19FN4O2S/c1-13(2)11-26-20(27)16-5-3-4-6-17(16)23-21(26)29-12-18-24-19(25-28-18)14-7-9-15(22)10-8-14/h3-10,13H,11-12H2,1-2H3. The Morgan fingerprint density at radius 2 is 1.86 bits per heavy atom. The molecule has 8 heteroatoms. The fraction of sp³-hybridized carbons (Fsp3) is 0.238. The van der Waals surface area contributed by atoms with Gasteiger partial charge in [-0.1, -0.05) is 42.9 Å². The van der Waals surface area contributed by atoms with Crippen LogP contribution in [0.15, 0.2) is 63.0 Å². The average molecular weight is 410 g/mol. The summed E-state index contributed by atoms with van der Waals surface area (Å²) in [6, 6.07) is 13.2. The first-order valence-corrected chi connectivity index (χ1v) is 10.2. The van der Waals surface area contributed by atoms with E-state index in [2.05, 4.69) is 29.0 Å². The predicted molar refractivity (Wildman–Crippen MR) is 110 cm³/mol. The van der Waals surface area contributed by atoms with Gasteiger partial charge in [0.2, 0.25) is 11.7 Å². The number of halogens is 1. The Kier molecular flexibility index (Phi) is 5.44. The smallest absolute Gasteiger partial charge is 0.262 e. The molecule has 2 heterocycles. The highest BCUT2D eigenvalue weighted by Crippen LogP contribution is 2.24. The number of benzene rings is 2. The van der Waals surface area contributed by atoms with E-state index in [0.29, 0.717) is 51.6 Å². The molecule has 0 atom stereocenters. The second-order valence-electron chi connectivity index (χ2n) is 7.03. The van der Waals surface area contributed by atoms with Crippen molar-refractivity contribution in [2.24, 2.45) is 5.92 Å². The van der Waals surface area contributed by atoms with Gasteiger partial charge in [-0.15, -0.1) is 0 Å². The van der Waals surface area contributed by atoms with Crippen LogP contribution in [0.5, 0.6) is 0 Å². The van der Waals surface area contributed by atoms with E-state index in [0.717, 1.165) is 0 Å². The van der Waals surface area contributed by atoms with Gasteiger partial charge in [-0.05, 0) is 42.3 Å². The Morgan fingerprint density at radius 1 is 1.10 bits per heavy atom. The summed E-state index contributed by atoms with van der Waals surface area (Å²) in [5, 5.41) is 5.18. The average Bonchev–Trinajstić information content (AvgIpc) is 3.18. The SMILES string of the molecule is CC(C)Cn1c(SCc2nc(-c3ccc(F)cc3)no2)nc2ccccc2c1=O. The van der Waals surface area contributed by atoms with Gasteiger partial charge in [0.25, 0.3) is 5.56 Å². The molecule has 6 nitrogen and oxygen atoms in total. The largest absolute Gasteiger partial charge is 0.338 e.